The topological polar surface area (TPSA) is 128 Å². The van der Waals surface area contributed by atoms with Gasteiger partial charge in [0, 0.05) is 6.07 Å². The number of amides is 1. The minimum absolute atomic E-state index is 0.147. The number of carbonyl (C=O) groups excluding carboxylic acids is 1. The number of hydrogen-bond acceptors (Lipinski definition) is 7. The van der Waals surface area contributed by atoms with E-state index < -0.39 is 38.0 Å². The SMILES string of the molecule is COc1ccc(N(CC(=O)Nc2ccccc2OC)S(=O)(=O)c2ccc(Cl)c([N+](=O)[O-])c2)cc1. The van der Waals surface area contributed by atoms with Gasteiger partial charge in [0.25, 0.3) is 15.7 Å². The van der Waals surface area contributed by atoms with E-state index in [0.29, 0.717) is 17.2 Å². The summed E-state index contributed by atoms with van der Waals surface area (Å²) in [4.78, 5) is 23.0. The average molecular weight is 506 g/mol. The summed E-state index contributed by atoms with van der Waals surface area (Å²) in [5, 5.41) is 13.7. The van der Waals surface area contributed by atoms with Gasteiger partial charge in [-0.2, -0.15) is 0 Å². The van der Waals surface area contributed by atoms with Crippen molar-refractivity contribution in [1.29, 1.82) is 0 Å². The van der Waals surface area contributed by atoms with Crippen LogP contribution in [0.4, 0.5) is 17.1 Å². The normalized spacial score (nSPS) is 10.9. The number of nitrogens with zero attached hydrogens (tertiary/aromatic N) is 2. The Morgan fingerprint density at radius 3 is 2.35 bits per heavy atom. The summed E-state index contributed by atoms with van der Waals surface area (Å²) in [5.74, 6) is 0.206. The number of sulfonamides is 1. The maximum absolute atomic E-state index is 13.5. The molecule has 0 aliphatic rings. The van der Waals surface area contributed by atoms with E-state index in [4.69, 9.17) is 21.1 Å². The molecule has 0 saturated carbocycles. The Labute approximate surface area is 200 Å². The van der Waals surface area contributed by atoms with E-state index >= 15 is 0 Å². The molecule has 3 aromatic rings. The highest BCUT2D eigenvalue weighted by atomic mass is 35.5. The molecule has 3 rings (SSSR count). The van der Waals surface area contributed by atoms with Crippen LogP contribution < -0.4 is 19.1 Å². The second-order valence-electron chi connectivity index (χ2n) is 6.83. The van der Waals surface area contributed by atoms with Crippen molar-refractivity contribution in [3.05, 3.63) is 81.9 Å². The number of para-hydroxylation sites is 2. The lowest BCUT2D eigenvalue weighted by Gasteiger charge is -2.24. The van der Waals surface area contributed by atoms with Gasteiger partial charge in [0.15, 0.2) is 0 Å². The summed E-state index contributed by atoms with van der Waals surface area (Å²) < 4.78 is 38.2. The first kappa shape index (κ1) is 24.8. The van der Waals surface area contributed by atoms with Crippen molar-refractivity contribution in [2.75, 3.05) is 30.4 Å². The molecule has 0 aromatic heterocycles. The molecule has 178 valence electrons. The molecule has 0 aliphatic heterocycles. The Hall–Kier alpha value is -3.83. The van der Waals surface area contributed by atoms with Gasteiger partial charge in [-0.25, -0.2) is 8.42 Å². The molecule has 0 saturated heterocycles. The zero-order valence-corrected chi connectivity index (χ0v) is 19.7. The minimum Gasteiger partial charge on any atom is -0.497 e. The standard InChI is InChI=1S/C22H20ClN3O7S/c1-32-16-9-7-15(8-10-16)25(14-22(27)24-19-5-3-4-6-21(19)33-2)34(30,31)17-11-12-18(23)20(13-17)26(28)29/h3-13H,14H2,1-2H3,(H,24,27). The van der Waals surface area contributed by atoms with Gasteiger partial charge in [-0.05, 0) is 48.5 Å². The lowest BCUT2D eigenvalue weighted by atomic mass is 10.3. The van der Waals surface area contributed by atoms with E-state index in [0.717, 1.165) is 22.5 Å². The van der Waals surface area contributed by atoms with Gasteiger partial charge in [0.05, 0.1) is 35.4 Å². The van der Waals surface area contributed by atoms with Crippen LogP contribution in [0.5, 0.6) is 11.5 Å². The molecule has 12 heteroatoms. The summed E-state index contributed by atoms with van der Waals surface area (Å²) in [6.07, 6.45) is 0. The number of nitro groups is 1. The molecule has 0 spiro atoms. The van der Waals surface area contributed by atoms with Gasteiger partial charge in [-0.3, -0.25) is 19.2 Å². The monoisotopic (exact) mass is 505 g/mol. The van der Waals surface area contributed by atoms with Crippen LogP contribution in [0.25, 0.3) is 0 Å². The number of anilines is 2. The molecule has 0 aliphatic carbocycles. The number of nitro benzene ring substituents is 1. The molecule has 0 radical (unpaired) electrons. The third-order valence-electron chi connectivity index (χ3n) is 4.73. The van der Waals surface area contributed by atoms with Crippen LogP contribution >= 0.6 is 11.6 Å². The van der Waals surface area contributed by atoms with Crippen LogP contribution in [0.2, 0.25) is 5.02 Å². The summed E-state index contributed by atoms with van der Waals surface area (Å²) in [6, 6.07) is 15.7. The summed E-state index contributed by atoms with van der Waals surface area (Å²) in [6.45, 7) is -0.622. The molecule has 0 fully saturated rings. The largest absolute Gasteiger partial charge is 0.497 e. The molecule has 1 amide bonds. The van der Waals surface area contributed by atoms with Crippen LogP contribution in [0, 0.1) is 10.1 Å². The van der Waals surface area contributed by atoms with E-state index in [9.17, 15) is 23.3 Å². The molecule has 34 heavy (non-hydrogen) atoms. The first-order valence-corrected chi connectivity index (χ1v) is 11.5. The third-order valence-corrected chi connectivity index (χ3v) is 6.82. The van der Waals surface area contributed by atoms with Gasteiger partial charge in [-0.1, -0.05) is 23.7 Å². The van der Waals surface area contributed by atoms with Crippen molar-refractivity contribution < 1.29 is 27.6 Å². The molecule has 0 heterocycles. The molecule has 0 atom stereocenters. The number of methoxy groups -OCH3 is 2. The Balaban J connectivity index is 2.02. The Bertz CT molecular complexity index is 1310. The zero-order valence-electron chi connectivity index (χ0n) is 18.1. The van der Waals surface area contributed by atoms with Crippen molar-refractivity contribution in [1.82, 2.24) is 0 Å². The number of ether oxygens (including phenoxy) is 2. The first-order chi connectivity index (χ1) is 16.2. The van der Waals surface area contributed by atoms with E-state index in [1.165, 1.54) is 38.5 Å². The smallest absolute Gasteiger partial charge is 0.289 e. The van der Waals surface area contributed by atoms with Gasteiger partial charge in [0.1, 0.15) is 23.1 Å². The van der Waals surface area contributed by atoms with Crippen molar-refractivity contribution in [3.8, 4) is 11.5 Å². The molecular formula is C22H20ClN3O7S. The number of benzene rings is 3. The first-order valence-electron chi connectivity index (χ1n) is 9.71. The lowest BCUT2D eigenvalue weighted by molar-refractivity contribution is -0.384. The number of hydrogen-bond donors (Lipinski definition) is 1. The van der Waals surface area contributed by atoms with Gasteiger partial charge < -0.3 is 14.8 Å². The van der Waals surface area contributed by atoms with Crippen molar-refractivity contribution in [2.45, 2.75) is 4.90 Å². The van der Waals surface area contributed by atoms with E-state index in [2.05, 4.69) is 5.32 Å². The maximum atomic E-state index is 13.5. The summed E-state index contributed by atoms with van der Waals surface area (Å²) >= 11 is 5.83. The Morgan fingerprint density at radius 1 is 1.06 bits per heavy atom. The fourth-order valence-electron chi connectivity index (χ4n) is 3.05. The summed E-state index contributed by atoms with van der Waals surface area (Å²) in [7, 11) is -1.52. The van der Waals surface area contributed by atoms with Crippen molar-refractivity contribution >= 4 is 44.6 Å². The second kappa shape index (κ2) is 10.4. The quantitative estimate of drug-likeness (QED) is 0.342. The highest BCUT2D eigenvalue weighted by Gasteiger charge is 2.30. The molecule has 0 bridgehead atoms. The number of halogens is 1. The lowest BCUT2D eigenvalue weighted by Crippen LogP contribution is -2.38. The van der Waals surface area contributed by atoms with Gasteiger partial charge in [-0.15, -0.1) is 0 Å². The van der Waals surface area contributed by atoms with Crippen molar-refractivity contribution in [3.63, 3.8) is 0 Å². The molecule has 1 N–H and O–H groups in total. The van der Waals surface area contributed by atoms with E-state index in [-0.39, 0.29) is 10.7 Å². The average Bonchev–Trinajstić information content (AvgIpc) is 2.83. The fourth-order valence-corrected chi connectivity index (χ4v) is 4.68. The summed E-state index contributed by atoms with van der Waals surface area (Å²) in [5.41, 5.74) is -0.0753. The second-order valence-corrected chi connectivity index (χ2v) is 9.10. The highest BCUT2D eigenvalue weighted by molar-refractivity contribution is 7.92. The number of nitrogens with one attached hydrogen (secondary N) is 1. The molecule has 3 aromatic carbocycles. The highest BCUT2D eigenvalue weighted by Crippen LogP contribution is 2.31. The number of carbonyl (C=O) groups is 1. The van der Waals surface area contributed by atoms with Crippen LogP contribution in [0.3, 0.4) is 0 Å². The number of rotatable bonds is 9. The Kier molecular flexibility index (Phi) is 7.59. The molecule has 0 unspecified atom stereocenters. The van der Waals surface area contributed by atoms with Crippen LogP contribution in [0.15, 0.2) is 71.6 Å². The maximum Gasteiger partial charge on any atom is 0.289 e. The van der Waals surface area contributed by atoms with E-state index in [1.54, 1.807) is 24.3 Å². The predicted octanol–water partition coefficient (Wildman–Crippen LogP) is 4.10. The third kappa shape index (κ3) is 5.38. The van der Waals surface area contributed by atoms with Crippen LogP contribution in [-0.4, -0.2) is 40.0 Å². The van der Waals surface area contributed by atoms with E-state index in [1.807, 2.05) is 0 Å². The van der Waals surface area contributed by atoms with Crippen LogP contribution in [-0.2, 0) is 14.8 Å². The van der Waals surface area contributed by atoms with Crippen LogP contribution in [0.1, 0.15) is 0 Å². The van der Waals surface area contributed by atoms with Crippen molar-refractivity contribution in [2.24, 2.45) is 0 Å². The molecular weight excluding hydrogens is 486 g/mol. The predicted molar refractivity (Wildman–Crippen MR) is 127 cm³/mol. The Morgan fingerprint density at radius 2 is 1.74 bits per heavy atom. The van der Waals surface area contributed by atoms with Gasteiger partial charge in [0.2, 0.25) is 5.91 Å². The van der Waals surface area contributed by atoms with Gasteiger partial charge >= 0.3 is 0 Å². The molecule has 10 nitrogen and oxygen atoms in total. The fraction of sp³-hybridized carbons (Fsp3) is 0.136. The minimum atomic E-state index is -4.41. The zero-order chi connectivity index (χ0) is 24.9.